The van der Waals surface area contributed by atoms with Crippen molar-refractivity contribution in [2.45, 2.75) is 13.8 Å². The van der Waals surface area contributed by atoms with Gasteiger partial charge in [-0.25, -0.2) is 23.5 Å². The molecule has 2 aromatic heterocycles. The van der Waals surface area contributed by atoms with E-state index in [9.17, 15) is 18.4 Å². The minimum Gasteiger partial charge on any atom is -0.476 e. The Labute approximate surface area is 166 Å². The smallest absolute Gasteiger partial charge is 0.355 e. The Kier molecular flexibility index (Phi) is 5.61. The number of amides is 1. The lowest BCUT2D eigenvalue weighted by atomic mass is 10.2. The first-order valence-corrected chi connectivity index (χ1v) is 9.56. The van der Waals surface area contributed by atoms with Crippen molar-refractivity contribution >= 4 is 57.5 Å². The molecule has 0 fully saturated rings. The van der Waals surface area contributed by atoms with Crippen LogP contribution in [0.2, 0.25) is 0 Å². The van der Waals surface area contributed by atoms with Gasteiger partial charge in [-0.1, -0.05) is 0 Å². The summed E-state index contributed by atoms with van der Waals surface area (Å²) in [7, 11) is 0. The zero-order valence-corrected chi connectivity index (χ0v) is 16.3. The Bertz CT molecular complexity index is 1090. The van der Waals surface area contributed by atoms with Crippen molar-refractivity contribution in [2.24, 2.45) is 0 Å². The van der Waals surface area contributed by atoms with Crippen molar-refractivity contribution in [2.75, 3.05) is 4.90 Å². The van der Waals surface area contributed by atoms with E-state index in [-0.39, 0.29) is 16.5 Å². The van der Waals surface area contributed by atoms with Crippen molar-refractivity contribution in [3.63, 3.8) is 0 Å². The van der Waals surface area contributed by atoms with Gasteiger partial charge in [0.05, 0.1) is 11.4 Å². The first kappa shape index (κ1) is 19.8. The Balaban J connectivity index is 1.88. The van der Waals surface area contributed by atoms with Crippen molar-refractivity contribution in [3.8, 4) is 0 Å². The number of halogens is 2. The summed E-state index contributed by atoms with van der Waals surface area (Å²) in [6, 6.07) is 2.94. The number of carboxylic acids is 1. The normalized spacial score (nSPS) is 11.1. The van der Waals surface area contributed by atoms with Crippen molar-refractivity contribution in [1.82, 2.24) is 9.97 Å². The van der Waals surface area contributed by atoms with Crippen molar-refractivity contribution in [3.05, 3.63) is 56.5 Å². The number of carboxylic acid groups (broad SMARTS) is 1. The third kappa shape index (κ3) is 4.12. The third-order valence-corrected chi connectivity index (χ3v) is 5.36. The lowest BCUT2D eigenvalue weighted by molar-refractivity contribution is -0.115. The molecule has 2 heterocycles. The summed E-state index contributed by atoms with van der Waals surface area (Å²) in [4.78, 5) is 33.0. The van der Waals surface area contributed by atoms with Crippen LogP contribution in [0, 0.1) is 18.6 Å². The molecule has 0 radical (unpaired) electrons. The Hall–Kier alpha value is -2.98. The van der Waals surface area contributed by atoms with Gasteiger partial charge in [0.2, 0.25) is 5.91 Å². The van der Waals surface area contributed by atoms with Crippen LogP contribution in [0.4, 0.5) is 19.6 Å². The van der Waals surface area contributed by atoms with E-state index in [1.54, 1.807) is 24.5 Å². The second kappa shape index (κ2) is 7.95. The monoisotopic (exact) mass is 421 g/mol. The molecule has 3 aromatic rings. The number of benzene rings is 1. The Morgan fingerprint density at radius 3 is 2.57 bits per heavy atom. The Morgan fingerprint density at radius 1 is 1.21 bits per heavy atom. The number of carbonyl (C=O) groups excluding carboxylic acids is 1. The third-order valence-electron chi connectivity index (χ3n) is 3.58. The molecule has 0 unspecified atom stereocenters. The van der Waals surface area contributed by atoms with Gasteiger partial charge < -0.3 is 5.11 Å². The molecule has 10 heteroatoms. The fourth-order valence-corrected chi connectivity index (χ4v) is 4.03. The molecule has 1 N–H and O–H groups in total. The number of aromatic carboxylic acids is 1. The highest BCUT2D eigenvalue weighted by Gasteiger charge is 2.21. The van der Waals surface area contributed by atoms with Gasteiger partial charge in [-0.05, 0) is 31.2 Å². The van der Waals surface area contributed by atoms with Crippen molar-refractivity contribution in [1.29, 1.82) is 0 Å². The molecule has 0 saturated heterocycles. The van der Waals surface area contributed by atoms with Crippen LogP contribution in [-0.2, 0) is 4.79 Å². The molecule has 0 saturated carbocycles. The molecule has 0 atom stereocenters. The molecule has 6 nitrogen and oxygen atoms in total. The number of aromatic nitrogens is 2. The zero-order valence-electron chi connectivity index (χ0n) is 14.6. The van der Waals surface area contributed by atoms with E-state index >= 15 is 0 Å². The topological polar surface area (TPSA) is 83.4 Å². The summed E-state index contributed by atoms with van der Waals surface area (Å²) in [5, 5.41) is 11.4. The predicted octanol–water partition coefficient (Wildman–Crippen LogP) is 4.74. The second-order valence-corrected chi connectivity index (χ2v) is 7.67. The second-order valence-electron chi connectivity index (χ2n) is 5.60. The fourth-order valence-electron chi connectivity index (χ4n) is 2.37. The molecule has 1 amide bonds. The summed E-state index contributed by atoms with van der Waals surface area (Å²) < 4.78 is 27.3. The van der Waals surface area contributed by atoms with Crippen LogP contribution in [0.3, 0.4) is 0 Å². The van der Waals surface area contributed by atoms with E-state index in [2.05, 4.69) is 9.97 Å². The van der Waals surface area contributed by atoms with Crippen LogP contribution in [0.1, 0.15) is 33.0 Å². The number of nitrogens with zero attached hydrogens (tertiary/aromatic N) is 3. The van der Waals surface area contributed by atoms with Crippen LogP contribution in [0.15, 0.2) is 23.6 Å². The Morgan fingerprint density at radius 2 is 1.96 bits per heavy atom. The lowest BCUT2D eigenvalue weighted by Crippen LogP contribution is -2.23. The molecular formula is C18H13F2N3O3S2. The van der Waals surface area contributed by atoms with E-state index < -0.39 is 23.5 Å². The molecular weight excluding hydrogens is 408 g/mol. The fraction of sp³-hybridized carbons (Fsp3) is 0.111. The molecule has 0 aliphatic rings. The summed E-state index contributed by atoms with van der Waals surface area (Å²) in [5.74, 6) is -3.19. The molecule has 144 valence electrons. The van der Waals surface area contributed by atoms with Gasteiger partial charge in [0.25, 0.3) is 0 Å². The summed E-state index contributed by atoms with van der Waals surface area (Å²) in [6.07, 6.45) is 3.22. The standard InChI is InChI=1S/C18H13F2N3O3S2/c1-9-16(17(25)26)22-15(28-9)6-4-12-8-27-18(21-12)23(10(2)24)14-5-3-11(19)7-13(14)20/h3-8H,1-2H3,(H,25,26)/b6-4+. The minimum atomic E-state index is -1.09. The van der Waals surface area contributed by atoms with Crippen LogP contribution in [-0.4, -0.2) is 27.0 Å². The summed E-state index contributed by atoms with van der Waals surface area (Å²) >= 11 is 2.34. The average molecular weight is 421 g/mol. The molecule has 0 spiro atoms. The van der Waals surface area contributed by atoms with Gasteiger partial charge in [0, 0.05) is 23.2 Å². The number of hydrogen-bond donors (Lipinski definition) is 1. The maximum atomic E-state index is 14.1. The van der Waals surface area contributed by atoms with E-state index in [0.29, 0.717) is 21.6 Å². The van der Waals surface area contributed by atoms with E-state index in [1.807, 2.05) is 0 Å². The summed E-state index contributed by atoms with van der Waals surface area (Å²) in [5.41, 5.74) is 0.386. The highest BCUT2D eigenvalue weighted by molar-refractivity contribution is 7.14. The number of rotatable bonds is 5. The zero-order chi connectivity index (χ0) is 20.4. The van der Waals surface area contributed by atoms with Gasteiger partial charge in [-0.2, -0.15) is 0 Å². The number of hydrogen-bond acceptors (Lipinski definition) is 6. The minimum absolute atomic E-state index is 0.00171. The highest BCUT2D eigenvalue weighted by Crippen LogP contribution is 2.31. The molecule has 0 bridgehead atoms. The molecule has 0 aliphatic heterocycles. The number of anilines is 2. The van der Waals surface area contributed by atoms with Gasteiger partial charge in [-0.3, -0.25) is 9.69 Å². The van der Waals surface area contributed by atoms with Crippen LogP contribution < -0.4 is 4.90 Å². The van der Waals surface area contributed by atoms with Crippen molar-refractivity contribution < 1.29 is 23.5 Å². The maximum absolute atomic E-state index is 14.1. The largest absolute Gasteiger partial charge is 0.476 e. The maximum Gasteiger partial charge on any atom is 0.355 e. The molecule has 3 rings (SSSR count). The number of aryl methyl sites for hydroxylation is 1. The number of carbonyl (C=O) groups is 2. The first-order valence-electron chi connectivity index (χ1n) is 7.86. The van der Waals surface area contributed by atoms with Crippen LogP contribution in [0.25, 0.3) is 12.2 Å². The van der Waals surface area contributed by atoms with Gasteiger partial charge in [-0.15, -0.1) is 22.7 Å². The molecule has 0 aliphatic carbocycles. The number of thiazole rings is 2. The highest BCUT2D eigenvalue weighted by atomic mass is 32.1. The van der Waals surface area contributed by atoms with Gasteiger partial charge in [0.1, 0.15) is 16.6 Å². The lowest BCUT2D eigenvalue weighted by Gasteiger charge is -2.18. The van der Waals surface area contributed by atoms with E-state index in [4.69, 9.17) is 5.11 Å². The van der Waals surface area contributed by atoms with E-state index in [0.717, 1.165) is 22.3 Å². The first-order chi connectivity index (χ1) is 13.3. The molecule has 28 heavy (non-hydrogen) atoms. The average Bonchev–Trinajstić information content (AvgIpc) is 3.21. The summed E-state index contributed by atoms with van der Waals surface area (Å²) in [6.45, 7) is 2.92. The van der Waals surface area contributed by atoms with Crippen LogP contribution >= 0.6 is 22.7 Å². The molecule has 1 aromatic carbocycles. The predicted molar refractivity (Wildman–Crippen MR) is 104 cm³/mol. The van der Waals surface area contributed by atoms with Gasteiger partial charge in [0.15, 0.2) is 10.8 Å². The van der Waals surface area contributed by atoms with E-state index in [1.165, 1.54) is 24.3 Å². The SMILES string of the molecule is CC(=O)N(c1nc(/C=C/c2nc(C(=O)O)c(C)s2)cs1)c1ccc(F)cc1F. The quantitative estimate of drug-likeness (QED) is 0.643. The van der Waals surface area contributed by atoms with Gasteiger partial charge >= 0.3 is 5.97 Å². The van der Waals surface area contributed by atoms with Crippen LogP contribution in [0.5, 0.6) is 0 Å².